The van der Waals surface area contributed by atoms with Crippen molar-refractivity contribution in [1.82, 2.24) is 9.55 Å². The van der Waals surface area contributed by atoms with Gasteiger partial charge in [-0.1, -0.05) is 132 Å². The number of ether oxygens (including phenoxy) is 1. The topological polar surface area (TPSA) is 33.5 Å². The Labute approximate surface area is 398 Å². The second-order valence-electron chi connectivity index (χ2n) is 19.3. The number of aryl methyl sites for hydroxylation is 3. The van der Waals surface area contributed by atoms with Gasteiger partial charge in [-0.25, -0.2) is 4.98 Å². The molecule has 0 atom stereocenters. The minimum Gasteiger partial charge on any atom is -0.509 e. The van der Waals surface area contributed by atoms with Crippen molar-refractivity contribution in [1.29, 1.82) is 0 Å². The standard InChI is InChI=1S/C59H53N4O.Pt/c1-38-16-15-17-39(2)57(38)42-31-46(62-37-61(45-18-11-10-12-19-45)52-20-13-14-21-53(52)62)34-48(32-42)64-47-27-29-50-49-28-26-44(59(7,8)9)33-54(49)63(55(50)35-47)56-30-40(3)51(36-60-56)41-22-24-43(25-23-41)58(4,5)6;/h10-33,36-37H,1-9H3;/q-3;. The molecule has 65 heavy (non-hydrogen) atoms. The first-order chi connectivity index (χ1) is 30.7. The first kappa shape index (κ1) is 43.8. The molecule has 0 unspecified atom stereocenters. The molecule has 10 rings (SSSR count). The van der Waals surface area contributed by atoms with Crippen molar-refractivity contribution in [3.05, 3.63) is 198 Å². The summed E-state index contributed by atoms with van der Waals surface area (Å²) in [6.07, 6.45) is 2.02. The second kappa shape index (κ2) is 16.9. The van der Waals surface area contributed by atoms with Gasteiger partial charge in [0.15, 0.2) is 0 Å². The zero-order chi connectivity index (χ0) is 44.5. The molecule has 0 aliphatic carbocycles. The van der Waals surface area contributed by atoms with Crippen LogP contribution in [0.2, 0.25) is 0 Å². The molecule has 0 amide bonds. The fourth-order valence-corrected chi connectivity index (χ4v) is 9.15. The summed E-state index contributed by atoms with van der Waals surface area (Å²) in [4.78, 5) is 9.62. The van der Waals surface area contributed by atoms with Crippen LogP contribution in [-0.4, -0.2) is 9.55 Å². The van der Waals surface area contributed by atoms with E-state index in [1.54, 1.807) is 0 Å². The number of nitrogens with zero attached hydrogens (tertiary/aromatic N) is 4. The maximum Gasteiger partial charge on any atom is 0.135 e. The average molecular weight is 1030 g/mol. The van der Waals surface area contributed by atoms with Crippen LogP contribution in [0.1, 0.15) is 69.4 Å². The molecule has 5 nitrogen and oxygen atoms in total. The van der Waals surface area contributed by atoms with Crippen LogP contribution in [0.4, 0.5) is 22.7 Å². The smallest absolute Gasteiger partial charge is 0.135 e. The Bertz CT molecular complexity index is 3210. The zero-order valence-corrected chi connectivity index (χ0v) is 40.8. The van der Waals surface area contributed by atoms with Crippen LogP contribution in [0.3, 0.4) is 0 Å². The maximum atomic E-state index is 6.93. The van der Waals surface area contributed by atoms with Crippen LogP contribution >= 0.6 is 0 Å². The van der Waals surface area contributed by atoms with Crippen LogP contribution < -0.4 is 14.5 Å². The molecule has 328 valence electrons. The molecular weight excluding hydrogens is 976 g/mol. The van der Waals surface area contributed by atoms with E-state index in [0.717, 1.165) is 72.6 Å². The van der Waals surface area contributed by atoms with E-state index in [4.69, 9.17) is 9.72 Å². The van der Waals surface area contributed by atoms with Crippen molar-refractivity contribution in [2.24, 2.45) is 0 Å². The van der Waals surface area contributed by atoms with E-state index < -0.39 is 0 Å². The minimum atomic E-state index is -0.0423. The van der Waals surface area contributed by atoms with E-state index in [-0.39, 0.29) is 31.9 Å². The number of pyridine rings is 1. The molecular formula is C59H53N4OPt-3. The Morgan fingerprint density at radius 1 is 0.554 bits per heavy atom. The number of rotatable bonds is 7. The molecule has 3 heterocycles. The minimum absolute atomic E-state index is 0. The Kier molecular flexibility index (Phi) is 11.4. The summed E-state index contributed by atoms with van der Waals surface area (Å²) in [5.74, 6) is 2.03. The predicted octanol–water partition coefficient (Wildman–Crippen LogP) is 15.8. The molecule has 6 heteroatoms. The molecule has 2 aromatic heterocycles. The predicted molar refractivity (Wildman–Crippen MR) is 267 cm³/mol. The van der Waals surface area contributed by atoms with Gasteiger partial charge in [-0.2, -0.15) is 6.07 Å². The van der Waals surface area contributed by atoms with Gasteiger partial charge in [0.05, 0.1) is 0 Å². The molecule has 7 aromatic carbocycles. The maximum absolute atomic E-state index is 6.93. The number of benzene rings is 7. The third-order valence-electron chi connectivity index (χ3n) is 12.6. The Hall–Kier alpha value is -6.42. The Morgan fingerprint density at radius 2 is 1.20 bits per heavy atom. The summed E-state index contributed by atoms with van der Waals surface area (Å²) in [5, 5.41) is 2.23. The first-order valence-electron chi connectivity index (χ1n) is 22.2. The molecule has 0 saturated carbocycles. The van der Waals surface area contributed by atoms with E-state index in [1.165, 1.54) is 27.8 Å². The molecule has 0 N–H and O–H groups in total. The van der Waals surface area contributed by atoms with Crippen LogP contribution in [0, 0.1) is 39.6 Å². The normalized spacial score (nSPS) is 12.8. The van der Waals surface area contributed by atoms with Gasteiger partial charge in [0, 0.05) is 66.9 Å². The number of fused-ring (bicyclic) bond motifs is 4. The monoisotopic (exact) mass is 1030 g/mol. The van der Waals surface area contributed by atoms with Crippen LogP contribution in [0.5, 0.6) is 11.5 Å². The number of anilines is 4. The zero-order valence-electron chi connectivity index (χ0n) is 38.5. The van der Waals surface area contributed by atoms with E-state index >= 15 is 0 Å². The second-order valence-corrected chi connectivity index (χ2v) is 19.3. The van der Waals surface area contributed by atoms with Crippen molar-refractivity contribution < 1.29 is 25.8 Å². The molecule has 1 aliphatic rings. The molecule has 0 fully saturated rings. The molecule has 0 radical (unpaired) electrons. The Morgan fingerprint density at radius 3 is 1.88 bits per heavy atom. The fourth-order valence-electron chi connectivity index (χ4n) is 9.15. The largest absolute Gasteiger partial charge is 0.509 e. The van der Waals surface area contributed by atoms with E-state index in [2.05, 4.69) is 229 Å². The molecule has 1 aliphatic heterocycles. The van der Waals surface area contributed by atoms with Gasteiger partial charge in [0.1, 0.15) is 5.82 Å². The van der Waals surface area contributed by atoms with Gasteiger partial charge < -0.3 is 19.1 Å². The van der Waals surface area contributed by atoms with E-state index in [0.29, 0.717) is 11.5 Å². The van der Waals surface area contributed by atoms with Gasteiger partial charge in [-0.3, -0.25) is 0 Å². The molecule has 0 spiro atoms. The van der Waals surface area contributed by atoms with Crippen LogP contribution in [-0.2, 0) is 31.9 Å². The van der Waals surface area contributed by atoms with Crippen molar-refractivity contribution >= 4 is 44.6 Å². The summed E-state index contributed by atoms with van der Waals surface area (Å²) in [7, 11) is 0. The van der Waals surface area contributed by atoms with Crippen LogP contribution in [0.15, 0.2) is 152 Å². The van der Waals surface area contributed by atoms with Crippen molar-refractivity contribution in [3.8, 4) is 39.6 Å². The molecule has 9 aromatic rings. The number of hydrogen-bond donors (Lipinski definition) is 0. The van der Waals surface area contributed by atoms with Gasteiger partial charge in [0.25, 0.3) is 0 Å². The number of aromatic nitrogens is 2. The Balaban J connectivity index is 0.00000533. The summed E-state index contributed by atoms with van der Waals surface area (Å²) in [5.41, 5.74) is 16.8. The molecule has 0 bridgehead atoms. The van der Waals surface area contributed by atoms with E-state index in [9.17, 15) is 0 Å². The average Bonchev–Trinajstić information content (AvgIpc) is 3.82. The van der Waals surface area contributed by atoms with Crippen molar-refractivity contribution in [2.75, 3.05) is 9.80 Å². The summed E-state index contributed by atoms with van der Waals surface area (Å²) < 4.78 is 9.18. The number of para-hydroxylation sites is 3. The van der Waals surface area contributed by atoms with Gasteiger partial charge in [0.2, 0.25) is 0 Å². The van der Waals surface area contributed by atoms with Crippen molar-refractivity contribution in [3.63, 3.8) is 0 Å². The third kappa shape index (κ3) is 8.17. The third-order valence-corrected chi connectivity index (χ3v) is 12.6. The first-order valence-corrected chi connectivity index (χ1v) is 22.2. The van der Waals surface area contributed by atoms with E-state index in [1.807, 2.05) is 18.3 Å². The van der Waals surface area contributed by atoms with Gasteiger partial charge in [-0.05, 0) is 112 Å². The number of hydrogen-bond acceptors (Lipinski definition) is 4. The quantitative estimate of drug-likeness (QED) is 0.149. The van der Waals surface area contributed by atoms with Crippen LogP contribution in [0.25, 0.3) is 49.9 Å². The fraction of sp³-hybridized carbons (Fsp3) is 0.186. The van der Waals surface area contributed by atoms with Gasteiger partial charge in [-0.15, -0.1) is 53.6 Å². The molecule has 0 saturated heterocycles. The van der Waals surface area contributed by atoms with Gasteiger partial charge >= 0.3 is 0 Å². The summed E-state index contributed by atoms with van der Waals surface area (Å²) in [6.45, 7) is 22.2. The summed E-state index contributed by atoms with van der Waals surface area (Å²) in [6, 6.07) is 59.3. The summed E-state index contributed by atoms with van der Waals surface area (Å²) >= 11 is 0. The van der Waals surface area contributed by atoms with Crippen molar-refractivity contribution in [2.45, 2.75) is 73.1 Å². The SMILES string of the molecule is Cc1cc(-n2c3[c-]c(Oc4[c-]c(N5[CH-]N(c6ccccc6)c6ccccc65)cc(-c5c(C)cccc5C)c4)ccc3c3ccc(C(C)(C)C)cc32)ncc1-c1ccc(C(C)(C)C)cc1.[Pt].